The van der Waals surface area contributed by atoms with Crippen LogP contribution in [0.25, 0.3) is 0 Å². The average Bonchev–Trinajstić information content (AvgIpc) is 3.09. The molecule has 2 fully saturated rings. The molecule has 3 N–H and O–H groups in total. The van der Waals surface area contributed by atoms with Gasteiger partial charge in [0.1, 0.15) is 5.82 Å². The van der Waals surface area contributed by atoms with Crippen LogP contribution in [0, 0.1) is 0 Å². The first kappa shape index (κ1) is 9.15. The third-order valence-corrected chi connectivity index (χ3v) is 2.96. The van der Waals surface area contributed by atoms with Gasteiger partial charge >= 0.3 is 0 Å². The largest absolute Gasteiger partial charge is 0.352 e. The average molecular weight is 207 g/mol. The molecule has 0 aliphatic heterocycles. The maximum absolute atomic E-state index is 5.57. The molecule has 5 nitrogen and oxygen atoms in total. The smallest absolute Gasteiger partial charge is 0.225 e. The fourth-order valence-corrected chi connectivity index (χ4v) is 1.85. The molecule has 1 heterocycles. The first-order chi connectivity index (χ1) is 7.38. The summed E-state index contributed by atoms with van der Waals surface area (Å²) in [6.07, 6.45) is 5.88. The van der Waals surface area contributed by atoms with Crippen LogP contribution in [0.5, 0.6) is 0 Å². The van der Waals surface area contributed by atoms with Crippen molar-refractivity contribution in [3.05, 3.63) is 5.82 Å². The van der Waals surface area contributed by atoms with Crippen LogP contribution in [-0.2, 0) is 6.42 Å². The summed E-state index contributed by atoms with van der Waals surface area (Å²) in [7, 11) is 0. The van der Waals surface area contributed by atoms with Crippen LogP contribution >= 0.6 is 0 Å². The van der Waals surface area contributed by atoms with E-state index in [2.05, 4.69) is 20.1 Å². The maximum atomic E-state index is 5.57. The number of nitrogens with two attached hydrogens (primary N) is 1. The van der Waals surface area contributed by atoms with Crippen LogP contribution in [-0.4, -0.2) is 27.4 Å². The summed E-state index contributed by atoms with van der Waals surface area (Å²) in [4.78, 5) is 0. The summed E-state index contributed by atoms with van der Waals surface area (Å²) < 4.78 is 2.26. The van der Waals surface area contributed by atoms with Gasteiger partial charge in [-0.1, -0.05) is 0 Å². The fraction of sp³-hybridized carbons (Fsp3) is 0.800. The fourth-order valence-electron chi connectivity index (χ4n) is 1.85. The first-order valence-electron chi connectivity index (χ1n) is 5.79. The minimum Gasteiger partial charge on any atom is -0.352 e. The molecule has 15 heavy (non-hydrogen) atoms. The van der Waals surface area contributed by atoms with Gasteiger partial charge in [-0.15, -0.1) is 10.2 Å². The van der Waals surface area contributed by atoms with Gasteiger partial charge in [-0.05, 0) is 32.2 Å². The molecule has 3 rings (SSSR count). The maximum Gasteiger partial charge on any atom is 0.225 e. The van der Waals surface area contributed by atoms with E-state index in [1.54, 1.807) is 0 Å². The topological polar surface area (TPSA) is 68.8 Å². The lowest BCUT2D eigenvalue weighted by Gasteiger charge is -2.09. The highest BCUT2D eigenvalue weighted by molar-refractivity contribution is 5.31. The van der Waals surface area contributed by atoms with Crippen molar-refractivity contribution < 1.29 is 0 Å². The highest BCUT2D eigenvalue weighted by Gasteiger charge is 2.31. The molecule has 1 aromatic rings. The van der Waals surface area contributed by atoms with E-state index in [1.165, 1.54) is 25.7 Å². The van der Waals surface area contributed by atoms with Gasteiger partial charge in [0.15, 0.2) is 0 Å². The molecule has 0 aromatic carbocycles. The Bertz CT molecular complexity index is 351. The van der Waals surface area contributed by atoms with Crippen LogP contribution in [0.15, 0.2) is 0 Å². The van der Waals surface area contributed by atoms with Crippen LogP contribution in [0.3, 0.4) is 0 Å². The van der Waals surface area contributed by atoms with Crippen LogP contribution < -0.4 is 11.1 Å². The van der Waals surface area contributed by atoms with Gasteiger partial charge in [0.05, 0.1) is 0 Å². The zero-order valence-corrected chi connectivity index (χ0v) is 8.82. The molecule has 2 saturated carbocycles. The molecule has 0 radical (unpaired) electrons. The second-order valence-electron chi connectivity index (χ2n) is 4.50. The number of nitrogens with zero attached hydrogens (tertiary/aromatic N) is 3. The van der Waals surface area contributed by atoms with E-state index < -0.39 is 0 Å². The lowest BCUT2D eigenvalue weighted by atomic mass is 10.4. The molecule has 0 saturated heterocycles. The molecule has 0 atom stereocenters. The monoisotopic (exact) mass is 207 g/mol. The zero-order chi connectivity index (χ0) is 10.3. The van der Waals surface area contributed by atoms with Gasteiger partial charge in [0.2, 0.25) is 5.95 Å². The summed E-state index contributed by atoms with van der Waals surface area (Å²) >= 11 is 0. The van der Waals surface area contributed by atoms with Gasteiger partial charge in [0, 0.05) is 18.5 Å². The molecule has 2 aliphatic rings. The highest BCUT2D eigenvalue weighted by Crippen LogP contribution is 2.38. The Morgan fingerprint density at radius 2 is 2.07 bits per heavy atom. The van der Waals surface area contributed by atoms with Crippen molar-refractivity contribution in [3.63, 3.8) is 0 Å². The van der Waals surface area contributed by atoms with Crippen LogP contribution in [0.1, 0.15) is 37.5 Å². The molecule has 5 heteroatoms. The lowest BCUT2D eigenvalue weighted by molar-refractivity contribution is 0.680. The Morgan fingerprint density at radius 3 is 2.67 bits per heavy atom. The van der Waals surface area contributed by atoms with Crippen molar-refractivity contribution in [2.24, 2.45) is 5.73 Å². The quantitative estimate of drug-likeness (QED) is 0.745. The van der Waals surface area contributed by atoms with Crippen LogP contribution in [0.2, 0.25) is 0 Å². The van der Waals surface area contributed by atoms with Crippen molar-refractivity contribution in [1.29, 1.82) is 0 Å². The lowest BCUT2D eigenvalue weighted by Crippen LogP contribution is -2.13. The summed E-state index contributed by atoms with van der Waals surface area (Å²) in [5.41, 5.74) is 5.57. The van der Waals surface area contributed by atoms with Crippen molar-refractivity contribution in [2.45, 2.75) is 44.2 Å². The Morgan fingerprint density at radius 1 is 1.27 bits per heavy atom. The molecule has 2 aliphatic carbocycles. The second kappa shape index (κ2) is 3.48. The predicted molar refractivity (Wildman–Crippen MR) is 57.7 cm³/mol. The summed E-state index contributed by atoms with van der Waals surface area (Å²) in [5, 5.41) is 11.9. The third kappa shape index (κ3) is 1.84. The van der Waals surface area contributed by atoms with E-state index in [9.17, 15) is 0 Å². The minimum absolute atomic E-state index is 0.628. The summed E-state index contributed by atoms with van der Waals surface area (Å²) in [6.45, 7) is 0.647. The molecule has 0 bridgehead atoms. The number of nitrogens with one attached hydrogen (secondary N) is 1. The summed E-state index contributed by atoms with van der Waals surface area (Å²) in [6, 6.07) is 1.26. The SMILES string of the molecule is NCCc1nnc(NC2CC2)n1C1CC1. The molecule has 1 aromatic heterocycles. The first-order valence-corrected chi connectivity index (χ1v) is 5.79. The van der Waals surface area contributed by atoms with E-state index >= 15 is 0 Å². The van der Waals surface area contributed by atoms with Crippen molar-refractivity contribution in [3.8, 4) is 0 Å². The van der Waals surface area contributed by atoms with Gasteiger partial charge in [0.25, 0.3) is 0 Å². The molecule has 0 spiro atoms. The van der Waals surface area contributed by atoms with Gasteiger partial charge < -0.3 is 11.1 Å². The number of hydrogen-bond acceptors (Lipinski definition) is 4. The molecular formula is C10H17N5. The number of anilines is 1. The van der Waals surface area contributed by atoms with E-state index in [-0.39, 0.29) is 0 Å². The Balaban J connectivity index is 1.83. The van der Waals surface area contributed by atoms with Crippen LogP contribution in [0.4, 0.5) is 5.95 Å². The predicted octanol–water partition coefficient (Wildman–Crippen LogP) is 0.688. The van der Waals surface area contributed by atoms with Crippen molar-refractivity contribution >= 4 is 5.95 Å². The number of rotatable bonds is 5. The van der Waals surface area contributed by atoms with E-state index in [0.717, 1.165) is 18.2 Å². The van der Waals surface area contributed by atoms with Crippen molar-refractivity contribution in [1.82, 2.24) is 14.8 Å². The molecule has 82 valence electrons. The van der Waals surface area contributed by atoms with E-state index in [1.807, 2.05) is 0 Å². The Hall–Kier alpha value is -1.10. The summed E-state index contributed by atoms with van der Waals surface area (Å²) in [5.74, 6) is 2.01. The van der Waals surface area contributed by atoms with Gasteiger partial charge in [-0.2, -0.15) is 0 Å². The zero-order valence-electron chi connectivity index (χ0n) is 8.82. The van der Waals surface area contributed by atoms with E-state index in [0.29, 0.717) is 18.6 Å². The Labute approximate surface area is 89.1 Å². The molecule has 0 amide bonds. The second-order valence-corrected chi connectivity index (χ2v) is 4.50. The highest BCUT2D eigenvalue weighted by atomic mass is 15.4. The van der Waals surface area contributed by atoms with Crippen molar-refractivity contribution in [2.75, 3.05) is 11.9 Å². The van der Waals surface area contributed by atoms with Gasteiger partial charge in [-0.3, -0.25) is 4.57 Å². The minimum atomic E-state index is 0.628. The molecule has 0 unspecified atom stereocenters. The third-order valence-electron chi connectivity index (χ3n) is 2.96. The standard InChI is InChI=1S/C10H17N5/c11-6-5-9-13-14-10(12-7-1-2-7)15(9)8-3-4-8/h7-8H,1-6,11H2,(H,12,14). The number of aromatic nitrogens is 3. The normalized spacial score (nSPS) is 20.6. The number of hydrogen-bond donors (Lipinski definition) is 2. The van der Waals surface area contributed by atoms with Gasteiger partial charge in [-0.25, -0.2) is 0 Å². The molecular weight excluding hydrogens is 190 g/mol. The van der Waals surface area contributed by atoms with E-state index in [4.69, 9.17) is 5.73 Å². The Kier molecular flexibility index (Phi) is 2.12.